The zero-order valence-electron chi connectivity index (χ0n) is 15.7. The van der Waals surface area contributed by atoms with E-state index in [1.165, 1.54) is 5.56 Å². The monoisotopic (exact) mass is 354 g/mol. The summed E-state index contributed by atoms with van der Waals surface area (Å²) in [5, 5.41) is 7.69. The van der Waals surface area contributed by atoms with Gasteiger partial charge in [0.25, 0.3) is 11.8 Å². The van der Waals surface area contributed by atoms with Crippen molar-refractivity contribution >= 4 is 17.5 Å². The molecule has 1 atom stereocenters. The van der Waals surface area contributed by atoms with Gasteiger partial charge in [0.15, 0.2) is 6.54 Å². The number of benzene rings is 2. The van der Waals surface area contributed by atoms with Gasteiger partial charge < -0.3 is 16.0 Å². The summed E-state index contributed by atoms with van der Waals surface area (Å²) in [7, 11) is 0. The molecular weight excluding hydrogens is 326 g/mol. The molecule has 0 aliphatic rings. The minimum atomic E-state index is -0.140. The summed E-state index contributed by atoms with van der Waals surface area (Å²) in [5.74, 6) is 0.185. The van der Waals surface area contributed by atoms with Crippen molar-refractivity contribution < 1.29 is 14.9 Å². The number of amides is 2. The molecule has 0 unspecified atom stereocenters. The van der Waals surface area contributed by atoms with Crippen LogP contribution in [0.5, 0.6) is 0 Å². The maximum Gasteiger partial charge on any atom is 0.279 e. The fraction of sp³-hybridized carbons (Fsp3) is 0.333. The Labute approximate surface area is 155 Å². The average molecular weight is 354 g/mol. The molecule has 0 saturated heterocycles. The summed E-state index contributed by atoms with van der Waals surface area (Å²) in [5.41, 5.74) is 2.39. The summed E-state index contributed by atoms with van der Waals surface area (Å²) in [6.45, 7) is 7.07. The van der Waals surface area contributed by atoms with Crippen LogP contribution >= 0.6 is 0 Å². The number of rotatable bonds is 8. The minimum Gasteiger partial charge on any atom is -0.352 e. The molecule has 138 valence electrons. The summed E-state index contributed by atoms with van der Waals surface area (Å²) in [6, 6.07) is 17.4. The number of hydrogen-bond donors (Lipinski definition) is 3. The fourth-order valence-electron chi connectivity index (χ4n) is 2.92. The lowest BCUT2D eigenvalue weighted by atomic mass is 9.96. The van der Waals surface area contributed by atoms with Crippen LogP contribution in [-0.4, -0.2) is 24.9 Å². The quantitative estimate of drug-likeness (QED) is 0.681. The van der Waals surface area contributed by atoms with Gasteiger partial charge in [0.05, 0.1) is 0 Å². The lowest BCUT2D eigenvalue weighted by molar-refractivity contribution is -0.692. The second-order valence-electron chi connectivity index (χ2n) is 6.61. The van der Waals surface area contributed by atoms with E-state index in [0.29, 0.717) is 30.3 Å². The number of carbonyl (C=O) groups excluding carboxylic acids is 2. The van der Waals surface area contributed by atoms with E-state index >= 15 is 0 Å². The van der Waals surface area contributed by atoms with Gasteiger partial charge in [-0.05, 0) is 25.1 Å². The van der Waals surface area contributed by atoms with Gasteiger partial charge in [-0.1, -0.05) is 50.2 Å². The van der Waals surface area contributed by atoms with Crippen molar-refractivity contribution in [2.45, 2.75) is 26.8 Å². The van der Waals surface area contributed by atoms with E-state index in [-0.39, 0.29) is 17.9 Å². The zero-order valence-corrected chi connectivity index (χ0v) is 15.7. The SMILES string of the molecule is CCNC(=O)c1cccc(NC(=O)C[NH2+][C@@H](c2ccccc2)C(C)C)c1. The van der Waals surface area contributed by atoms with Crippen LogP contribution in [0.2, 0.25) is 0 Å². The summed E-state index contributed by atoms with van der Waals surface area (Å²) in [4.78, 5) is 24.2. The maximum absolute atomic E-state index is 12.3. The van der Waals surface area contributed by atoms with Crippen molar-refractivity contribution in [2.75, 3.05) is 18.4 Å². The Balaban J connectivity index is 1.96. The number of nitrogens with one attached hydrogen (secondary N) is 2. The van der Waals surface area contributed by atoms with Crippen molar-refractivity contribution in [3.63, 3.8) is 0 Å². The minimum absolute atomic E-state index is 0.0837. The van der Waals surface area contributed by atoms with Crippen molar-refractivity contribution in [3.05, 3.63) is 65.7 Å². The van der Waals surface area contributed by atoms with Crippen molar-refractivity contribution in [3.8, 4) is 0 Å². The standard InChI is InChI=1S/C21H27N3O2/c1-4-22-21(26)17-11-8-12-18(13-17)24-19(25)14-23-20(15(2)3)16-9-6-5-7-10-16/h5-13,15,20,23H,4,14H2,1-3H3,(H,22,26)(H,24,25)/p+1/t20-/m1/s1. The van der Waals surface area contributed by atoms with Gasteiger partial charge in [-0.25, -0.2) is 0 Å². The molecule has 0 aromatic heterocycles. The molecule has 2 amide bonds. The molecule has 0 aliphatic heterocycles. The third-order valence-electron chi connectivity index (χ3n) is 4.21. The number of nitrogens with two attached hydrogens (primary N) is 1. The van der Waals surface area contributed by atoms with E-state index in [9.17, 15) is 9.59 Å². The van der Waals surface area contributed by atoms with E-state index < -0.39 is 0 Å². The van der Waals surface area contributed by atoms with Gasteiger partial charge in [-0.3, -0.25) is 9.59 Å². The first kappa shape index (κ1) is 19.7. The molecule has 0 bridgehead atoms. The highest BCUT2D eigenvalue weighted by atomic mass is 16.2. The van der Waals surface area contributed by atoms with Crippen LogP contribution in [0.15, 0.2) is 54.6 Å². The van der Waals surface area contributed by atoms with E-state index in [2.05, 4.69) is 41.9 Å². The Hall–Kier alpha value is -2.66. The molecule has 0 radical (unpaired) electrons. The first-order valence-corrected chi connectivity index (χ1v) is 9.07. The second-order valence-corrected chi connectivity index (χ2v) is 6.61. The molecule has 2 aromatic rings. The van der Waals surface area contributed by atoms with Gasteiger partial charge in [-0.2, -0.15) is 0 Å². The molecule has 2 rings (SSSR count). The van der Waals surface area contributed by atoms with Crippen LogP contribution in [0.4, 0.5) is 5.69 Å². The van der Waals surface area contributed by atoms with E-state index in [1.54, 1.807) is 24.3 Å². The first-order valence-electron chi connectivity index (χ1n) is 9.07. The Morgan fingerprint density at radius 3 is 2.42 bits per heavy atom. The van der Waals surface area contributed by atoms with Gasteiger partial charge in [0.1, 0.15) is 6.04 Å². The van der Waals surface area contributed by atoms with Crippen LogP contribution in [0.25, 0.3) is 0 Å². The number of anilines is 1. The Morgan fingerprint density at radius 1 is 1.04 bits per heavy atom. The maximum atomic E-state index is 12.3. The summed E-state index contributed by atoms with van der Waals surface area (Å²) >= 11 is 0. The van der Waals surface area contributed by atoms with Crippen molar-refractivity contribution in [1.82, 2.24) is 5.32 Å². The topological polar surface area (TPSA) is 74.8 Å². The lowest BCUT2D eigenvalue weighted by Crippen LogP contribution is -2.88. The normalized spacial score (nSPS) is 11.8. The van der Waals surface area contributed by atoms with Crippen LogP contribution in [0.1, 0.15) is 42.7 Å². The highest BCUT2D eigenvalue weighted by molar-refractivity contribution is 5.97. The molecule has 0 heterocycles. The van der Waals surface area contributed by atoms with E-state index in [0.717, 1.165) is 0 Å². The van der Waals surface area contributed by atoms with Crippen molar-refractivity contribution in [2.24, 2.45) is 5.92 Å². The zero-order chi connectivity index (χ0) is 18.9. The molecule has 2 aromatic carbocycles. The molecule has 26 heavy (non-hydrogen) atoms. The Bertz CT molecular complexity index is 729. The molecule has 5 heteroatoms. The van der Waals surface area contributed by atoms with E-state index in [1.807, 2.05) is 25.1 Å². The third kappa shape index (κ3) is 5.70. The van der Waals surface area contributed by atoms with Crippen LogP contribution in [0, 0.1) is 5.92 Å². The number of carbonyl (C=O) groups is 2. The Morgan fingerprint density at radius 2 is 1.77 bits per heavy atom. The van der Waals surface area contributed by atoms with Gasteiger partial charge >= 0.3 is 0 Å². The van der Waals surface area contributed by atoms with Crippen LogP contribution in [0.3, 0.4) is 0 Å². The largest absolute Gasteiger partial charge is 0.352 e. The van der Waals surface area contributed by atoms with Gasteiger partial charge in [0, 0.05) is 29.3 Å². The number of hydrogen-bond acceptors (Lipinski definition) is 2. The average Bonchev–Trinajstić information content (AvgIpc) is 2.63. The van der Waals surface area contributed by atoms with Crippen LogP contribution < -0.4 is 16.0 Å². The first-order chi connectivity index (χ1) is 12.5. The second kappa shape index (κ2) is 9.73. The van der Waals surface area contributed by atoms with Crippen molar-refractivity contribution in [1.29, 1.82) is 0 Å². The summed E-state index contributed by atoms with van der Waals surface area (Å²) < 4.78 is 0. The fourth-order valence-corrected chi connectivity index (χ4v) is 2.92. The molecule has 0 spiro atoms. The molecule has 5 nitrogen and oxygen atoms in total. The molecule has 0 fully saturated rings. The summed E-state index contributed by atoms with van der Waals surface area (Å²) in [6.07, 6.45) is 0. The predicted molar refractivity (Wildman–Crippen MR) is 104 cm³/mol. The molecule has 4 N–H and O–H groups in total. The van der Waals surface area contributed by atoms with Gasteiger partial charge in [-0.15, -0.1) is 0 Å². The lowest BCUT2D eigenvalue weighted by Gasteiger charge is -2.19. The molecule has 0 aliphatic carbocycles. The Kier molecular flexibility index (Phi) is 7.36. The van der Waals surface area contributed by atoms with E-state index in [4.69, 9.17) is 0 Å². The third-order valence-corrected chi connectivity index (χ3v) is 4.21. The highest BCUT2D eigenvalue weighted by Gasteiger charge is 2.20. The molecular formula is C21H28N3O2+. The van der Waals surface area contributed by atoms with Gasteiger partial charge in [0.2, 0.25) is 0 Å². The molecule has 0 saturated carbocycles. The highest BCUT2D eigenvalue weighted by Crippen LogP contribution is 2.16. The number of quaternary nitrogens is 1. The predicted octanol–water partition coefficient (Wildman–Crippen LogP) is 2.34. The smallest absolute Gasteiger partial charge is 0.279 e. The van der Waals surface area contributed by atoms with Crippen LogP contribution in [-0.2, 0) is 4.79 Å².